The summed E-state index contributed by atoms with van der Waals surface area (Å²) >= 11 is 1.21. The first-order valence-corrected chi connectivity index (χ1v) is 6.65. The van der Waals surface area contributed by atoms with E-state index < -0.39 is 23.9 Å². The van der Waals surface area contributed by atoms with Crippen LogP contribution in [0.1, 0.15) is 23.5 Å². The molecule has 6 nitrogen and oxygen atoms in total. The average Bonchev–Trinajstić information content (AvgIpc) is 2.90. The van der Waals surface area contributed by atoms with Crippen LogP contribution >= 0.6 is 11.3 Å². The van der Waals surface area contributed by atoms with Gasteiger partial charge in [0.25, 0.3) is 5.91 Å². The van der Waals surface area contributed by atoms with Crippen molar-refractivity contribution in [2.45, 2.75) is 19.9 Å². The van der Waals surface area contributed by atoms with Gasteiger partial charge in [-0.15, -0.1) is 11.3 Å². The molecule has 0 saturated carbocycles. The lowest BCUT2D eigenvalue weighted by atomic mass is 10.3. The second kappa shape index (κ2) is 7.52. The first-order chi connectivity index (χ1) is 9.10. The zero-order valence-electron chi connectivity index (χ0n) is 10.7. The summed E-state index contributed by atoms with van der Waals surface area (Å²) in [5.74, 6) is -2.17. The van der Waals surface area contributed by atoms with E-state index >= 15 is 0 Å². The third-order valence-corrected chi connectivity index (χ3v) is 2.93. The summed E-state index contributed by atoms with van der Waals surface area (Å²) in [4.78, 5) is 35.5. The number of carbonyl (C=O) groups is 3. The maximum atomic E-state index is 11.8. The Morgan fingerprint density at radius 3 is 2.21 bits per heavy atom. The summed E-state index contributed by atoms with van der Waals surface area (Å²) in [6, 6.07) is 1.85. The van der Waals surface area contributed by atoms with Gasteiger partial charge < -0.3 is 14.8 Å². The topological polar surface area (TPSA) is 81.7 Å². The molecule has 0 aliphatic heterocycles. The molecule has 1 heterocycles. The van der Waals surface area contributed by atoms with Gasteiger partial charge in [-0.05, 0) is 25.3 Å². The van der Waals surface area contributed by atoms with Gasteiger partial charge in [0.2, 0.25) is 6.04 Å². The van der Waals surface area contributed by atoms with Crippen LogP contribution in [0.4, 0.5) is 0 Å². The van der Waals surface area contributed by atoms with E-state index in [0.717, 1.165) is 0 Å². The van der Waals surface area contributed by atoms with Gasteiger partial charge in [0.15, 0.2) is 0 Å². The highest BCUT2D eigenvalue weighted by Gasteiger charge is 2.31. The van der Waals surface area contributed by atoms with Crippen molar-refractivity contribution in [3.63, 3.8) is 0 Å². The molecule has 0 aliphatic carbocycles. The van der Waals surface area contributed by atoms with Crippen molar-refractivity contribution in [3.05, 3.63) is 22.4 Å². The van der Waals surface area contributed by atoms with Gasteiger partial charge in [0, 0.05) is 0 Å². The Hall–Kier alpha value is -1.89. The number of rotatable bonds is 6. The van der Waals surface area contributed by atoms with Gasteiger partial charge in [-0.1, -0.05) is 6.07 Å². The number of thiophene rings is 1. The molecule has 0 aliphatic rings. The third kappa shape index (κ3) is 4.36. The molecule has 104 valence electrons. The minimum atomic E-state index is -1.44. The molecule has 1 rings (SSSR count). The fraction of sp³-hybridized carbons (Fsp3) is 0.417. The summed E-state index contributed by atoms with van der Waals surface area (Å²) in [6.45, 7) is 3.45. The largest absolute Gasteiger partial charge is 0.464 e. The first kappa shape index (κ1) is 15.2. The van der Waals surface area contributed by atoms with Crippen LogP contribution in [0.2, 0.25) is 0 Å². The number of carbonyl (C=O) groups excluding carboxylic acids is 3. The number of nitrogens with one attached hydrogen (secondary N) is 1. The van der Waals surface area contributed by atoms with Crippen molar-refractivity contribution in [2.75, 3.05) is 13.2 Å². The average molecular weight is 285 g/mol. The van der Waals surface area contributed by atoms with Crippen LogP contribution in [-0.4, -0.2) is 37.1 Å². The van der Waals surface area contributed by atoms with E-state index in [4.69, 9.17) is 9.47 Å². The van der Waals surface area contributed by atoms with Gasteiger partial charge in [-0.25, -0.2) is 9.59 Å². The summed E-state index contributed by atoms with van der Waals surface area (Å²) in [5.41, 5.74) is 0. The Kier molecular flexibility index (Phi) is 6.01. The van der Waals surface area contributed by atoms with E-state index in [1.807, 2.05) is 0 Å². The number of amides is 1. The second-order valence-electron chi connectivity index (χ2n) is 3.39. The molecule has 0 fully saturated rings. The van der Waals surface area contributed by atoms with Gasteiger partial charge in [0.1, 0.15) is 0 Å². The van der Waals surface area contributed by atoms with E-state index in [0.29, 0.717) is 4.88 Å². The molecule has 0 radical (unpaired) electrons. The molecule has 19 heavy (non-hydrogen) atoms. The van der Waals surface area contributed by atoms with Crippen molar-refractivity contribution in [2.24, 2.45) is 0 Å². The van der Waals surface area contributed by atoms with Crippen molar-refractivity contribution >= 4 is 29.2 Å². The zero-order valence-corrected chi connectivity index (χ0v) is 11.5. The standard InChI is InChI=1S/C12H15NO5S/c1-3-17-11(15)9(12(16)18-4-2)13-10(14)8-6-5-7-19-8/h5-7,9H,3-4H2,1-2H3,(H,13,14). The van der Waals surface area contributed by atoms with Crippen LogP contribution in [0.5, 0.6) is 0 Å². The van der Waals surface area contributed by atoms with Gasteiger partial charge >= 0.3 is 11.9 Å². The number of hydrogen-bond donors (Lipinski definition) is 1. The van der Waals surface area contributed by atoms with E-state index in [9.17, 15) is 14.4 Å². The highest BCUT2D eigenvalue weighted by Crippen LogP contribution is 2.08. The lowest BCUT2D eigenvalue weighted by Gasteiger charge is -2.15. The van der Waals surface area contributed by atoms with Crippen LogP contribution in [0.25, 0.3) is 0 Å². The van der Waals surface area contributed by atoms with Gasteiger partial charge in [-0.2, -0.15) is 0 Å². The molecule has 1 aromatic heterocycles. The molecule has 0 bridgehead atoms. The highest BCUT2D eigenvalue weighted by atomic mass is 32.1. The number of ether oxygens (including phenoxy) is 2. The Morgan fingerprint density at radius 2 is 1.79 bits per heavy atom. The van der Waals surface area contributed by atoms with Gasteiger partial charge in [0.05, 0.1) is 18.1 Å². The van der Waals surface area contributed by atoms with E-state index in [2.05, 4.69) is 5.32 Å². The lowest BCUT2D eigenvalue weighted by molar-refractivity contribution is -0.157. The minimum absolute atomic E-state index is 0.115. The fourth-order valence-electron chi connectivity index (χ4n) is 1.28. The number of esters is 2. The van der Waals surface area contributed by atoms with Crippen LogP contribution in [0.15, 0.2) is 17.5 Å². The predicted molar refractivity (Wildman–Crippen MR) is 68.8 cm³/mol. The van der Waals surface area contributed by atoms with Crippen LogP contribution < -0.4 is 5.32 Å². The molecule has 1 amide bonds. The quantitative estimate of drug-likeness (QED) is 0.622. The van der Waals surface area contributed by atoms with Gasteiger partial charge in [-0.3, -0.25) is 4.79 Å². The summed E-state index contributed by atoms with van der Waals surface area (Å²) in [6.07, 6.45) is 0. The molecule has 1 aromatic rings. The molecule has 0 saturated heterocycles. The summed E-state index contributed by atoms with van der Waals surface area (Å²) in [5, 5.41) is 4.03. The third-order valence-electron chi connectivity index (χ3n) is 2.06. The smallest absolute Gasteiger partial charge is 0.340 e. The molecule has 0 unspecified atom stereocenters. The molecular weight excluding hydrogens is 270 g/mol. The predicted octanol–water partition coefficient (Wildman–Crippen LogP) is 0.973. The molecule has 0 atom stereocenters. The molecular formula is C12H15NO5S. The van der Waals surface area contributed by atoms with Crippen molar-refractivity contribution < 1.29 is 23.9 Å². The SMILES string of the molecule is CCOC(=O)C(NC(=O)c1cccs1)C(=O)OCC. The Morgan fingerprint density at radius 1 is 1.21 bits per heavy atom. The molecule has 0 aromatic carbocycles. The highest BCUT2D eigenvalue weighted by molar-refractivity contribution is 7.12. The molecule has 7 heteroatoms. The van der Waals surface area contributed by atoms with Crippen molar-refractivity contribution in [1.29, 1.82) is 0 Å². The number of hydrogen-bond acceptors (Lipinski definition) is 6. The zero-order chi connectivity index (χ0) is 14.3. The van der Waals surface area contributed by atoms with E-state index in [1.165, 1.54) is 11.3 Å². The summed E-state index contributed by atoms with van der Waals surface area (Å²) in [7, 11) is 0. The normalized spacial score (nSPS) is 10.1. The van der Waals surface area contributed by atoms with Crippen LogP contribution in [0.3, 0.4) is 0 Å². The van der Waals surface area contributed by atoms with E-state index in [1.54, 1.807) is 31.4 Å². The van der Waals surface area contributed by atoms with Crippen molar-refractivity contribution in [1.82, 2.24) is 5.32 Å². The van der Waals surface area contributed by atoms with Crippen LogP contribution in [0, 0.1) is 0 Å². The van der Waals surface area contributed by atoms with Crippen molar-refractivity contribution in [3.8, 4) is 0 Å². The Balaban J connectivity index is 2.76. The first-order valence-electron chi connectivity index (χ1n) is 5.77. The maximum absolute atomic E-state index is 11.8. The molecule has 0 spiro atoms. The Bertz CT molecular complexity index is 425. The van der Waals surface area contributed by atoms with E-state index in [-0.39, 0.29) is 13.2 Å². The monoisotopic (exact) mass is 285 g/mol. The second-order valence-corrected chi connectivity index (χ2v) is 4.34. The minimum Gasteiger partial charge on any atom is -0.464 e. The molecule has 1 N–H and O–H groups in total. The fourth-order valence-corrected chi connectivity index (χ4v) is 1.90. The summed E-state index contributed by atoms with van der Waals surface area (Å²) < 4.78 is 9.48. The maximum Gasteiger partial charge on any atom is 0.340 e. The van der Waals surface area contributed by atoms with Crippen LogP contribution in [-0.2, 0) is 19.1 Å². The lowest BCUT2D eigenvalue weighted by Crippen LogP contribution is -2.48. The Labute approximate surface area is 114 Å².